The number of aromatic nitrogens is 5. The van der Waals surface area contributed by atoms with Crippen LogP contribution < -0.4 is 0 Å². The largest absolute Gasteiger partial charge is 0.476 e. The number of pyridine rings is 1. The molecule has 3 heterocycles. The summed E-state index contributed by atoms with van der Waals surface area (Å²) in [6.07, 6.45) is 8.03. The Kier molecular flexibility index (Phi) is 3.41. The Bertz CT molecular complexity index is 897. The zero-order valence-electron chi connectivity index (χ0n) is 12.2. The molecule has 0 unspecified atom stereocenters. The zero-order valence-corrected chi connectivity index (χ0v) is 13.8. The van der Waals surface area contributed by atoms with Crippen LogP contribution in [-0.4, -0.2) is 35.5 Å². The van der Waals surface area contributed by atoms with E-state index in [0.29, 0.717) is 12.5 Å². The van der Waals surface area contributed by atoms with E-state index in [4.69, 9.17) is 5.11 Å². The first-order valence-corrected chi connectivity index (χ1v) is 8.46. The fourth-order valence-corrected chi connectivity index (χ4v) is 3.11. The van der Waals surface area contributed by atoms with Gasteiger partial charge in [-0.25, -0.2) is 14.5 Å². The number of fused-ring (bicyclic) bond motifs is 1. The number of halogens is 1. The number of hydrogen-bond acceptors (Lipinski definition) is 4. The van der Waals surface area contributed by atoms with Crippen LogP contribution in [0, 0.1) is 0 Å². The van der Waals surface area contributed by atoms with Gasteiger partial charge in [-0.1, -0.05) is 21.1 Å². The first-order chi connectivity index (χ1) is 11.1. The molecule has 23 heavy (non-hydrogen) atoms. The van der Waals surface area contributed by atoms with Crippen molar-refractivity contribution in [3.63, 3.8) is 0 Å². The number of alkyl halides is 1. The molecule has 1 N–H and O–H groups in total. The number of hydrogen-bond donors (Lipinski definition) is 1. The van der Waals surface area contributed by atoms with Gasteiger partial charge in [-0.2, -0.15) is 0 Å². The first-order valence-electron chi connectivity index (χ1n) is 7.34. The van der Waals surface area contributed by atoms with E-state index in [2.05, 4.69) is 47.9 Å². The van der Waals surface area contributed by atoms with Crippen LogP contribution >= 0.6 is 15.9 Å². The van der Waals surface area contributed by atoms with E-state index in [-0.39, 0.29) is 5.69 Å². The lowest BCUT2D eigenvalue weighted by atomic mass is 10.1. The van der Waals surface area contributed by atoms with Crippen molar-refractivity contribution >= 4 is 27.5 Å². The summed E-state index contributed by atoms with van der Waals surface area (Å²) in [5.74, 6) is -0.404. The fraction of sp³-hybridized carbons (Fsp3) is 0.333. The van der Waals surface area contributed by atoms with Gasteiger partial charge in [0, 0.05) is 23.3 Å². The second-order valence-electron chi connectivity index (χ2n) is 5.78. The predicted molar refractivity (Wildman–Crippen MR) is 85.9 cm³/mol. The predicted octanol–water partition coefficient (Wildman–Crippen LogP) is 2.44. The van der Waals surface area contributed by atoms with Gasteiger partial charge in [0.25, 0.3) is 0 Å². The molecule has 1 aliphatic rings. The molecule has 0 aromatic carbocycles. The quantitative estimate of drug-likeness (QED) is 0.692. The molecule has 3 aromatic rings. The van der Waals surface area contributed by atoms with Crippen molar-refractivity contribution in [1.29, 1.82) is 0 Å². The van der Waals surface area contributed by atoms with Gasteiger partial charge in [-0.3, -0.25) is 0 Å². The van der Waals surface area contributed by atoms with Crippen molar-refractivity contribution in [3.05, 3.63) is 47.2 Å². The SMILES string of the molecule is O=C(O)c1cn(Cc2cn3cc(C4CC4)cc(CBr)c3n2)nn1. The summed E-state index contributed by atoms with van der Waals surface area (Å²) in [5, 5.41) is 17.1. The van der Waals surface area contributed by atoms with Crippen LogP contribution in [0.3, 0.4) is 0 Å². The summed E-state index contributed by atoms with van der Waals surface area (Å²) >= 11 is 3.53. The molecule has 0 atom stereocenters. The average molecular weight is 376 g/mol. The minimum Gasteiger partial charge on any atom is -0.476 e. The van der Waals surface area contributed by atoms with Crippen LogP contribution in [-0.2, 0) is 11.9 Å². The van der Waals surface area contributed by atoms with Gasteiger partial charge < -0.3 is 9.51 Å². The van der Waals surface area contributed by atoms with Crippen LogP contribution in [0.15, 0.2) is 24.7 Å². The third-order valence-electron chi connectivity index (χ3n) is 3.97. The molecule has 0 radical (unpaired) electrons. The minimum absolute atomic E-state index is 0.0640. The van der Waals surface area contributed by atoms with Gasteiger partial charge in [-0.05, 0) is 30.4 Å². The maximum atomic E-state index is 10.9. The maximum absolute atomic E-state index is 10.9. The second-order valence-corrected chi connectivity index (χ2v) is 6.34. The van der Waals surface area contributed by atoms with E-state index in [9.17, 15) is 4.79 Å². The Balaban J connectivity index is 1.68. The molecule has 1 saturated carbocycles. The van der Waals surface area contributed by atoms with Crippen LogP contribution in [0.5, 0.6) is 0 Å². The molecule has 118 valence electrons. The molecule has 0 saturated heterocycles. The molecule has 1 fully saturated rings. The van der Waals surface area contributed by atoms with Crippen LogP contribution in [0.2, 0.25) is 0 Å². The number of carboxylic acid groups (broad SMARTS) is 1. The zero-order chi connectivity index (χ0) is 16.0. The highest BCUT2D eigenvalue weighted by Crippen LogP contribution is 2.40. The fourth-order valence-electron chi connectivity index (χ4n) is 2.70. The second kappa shape index (κ2) is 5.45. The van der Waals surface area contributed by atoms with Crippen LogP contribution in [0.1, 0.15) is 46.1 Å². The highest BCUT2D eigenvalue weighted by molar-refractivity contribution is 9.08. The maximum Gasteiger partial charge on any atom is 0.358 e. The summed E-state index contributed by atoms with van der Waals surface area (Å²) < 4.78 is 3.54. The molecule has 0 bridgehead atoms. The Morgan fingerprint density at radius 1 is 1.35 bits per heavy atom. The standard InChI is InChI=1S/C15H14BrN5O2/c16-4-10-3-11(9-1-2-9)5-20-6-12(17-14(10)20)7-21-8-13(15(22)23)18-19-21/h3,5-6,8-9H,1-2,4,7H2,(H,22,23). The molecule has 0 spiro atoms. The number of carbonyl (C=O) groups is 1. The monoisotopic (exact) mass is 375 g/mol. The average Bonchev–Trinajstić information content (AvgIpc) is 3.14. The molecule has 7 nitrogen and oxygen atoms in total. The van der Waals surface area contributed by atoms with Crippen molar-refractivity contribution in [2.24, 2.45) is 0 Å². The van der Waals surface area contributed by atoms with Crippen molar-refractivity contribution in [2.75, 3.05) is 0 Å². The summed E-state index contributed by atoms with van der Waals surface area (Å²) in [6.45, 7) is 0.391. The molecule has 0 amide bonds. The first kappa shape index (κ1) is 14.4. The lowest BCUT2D eigenvalue weighted by Crippen LogP contribution is -2.00. The van der Waals surface area contributed by atoms with E-state index in [1.807, 2.05) is 6.20 Å². The number of aromatic carboxylic acids is 1. The molecule has 0 aliphatic heterocycles. The Hall–Kier alpha value is -2.22. The molecular formula is C15H14BrN5O2. The van der Waals surface area contributed by atoms with Gasteiger partial charge in [0.05, 0.1) is 18.4 Å². The van der Waals surface area contributed by atoms with Gasteiger partial charge in [0.1, 0.15) is 5.65 Å². The van der Waals surface area contributed by atoms with Crippen LogP contribution in [0.4, 0.5) is 0 Å². The summed E-state index contributed by atoms with van der Waals surface area (Å²) in [4.78, 5) is 15.5. The third kappa shape index (κ3) is 2.74. The van der Waals surface area contributed by atoms with E-state index < -0.39 is 5.97 Å². The topological polar surface area (TPSA) is 85.3 Å². The number of nitrogens with zero attached hydrogens (tertiary/aromatic N) is 5. The van der Waals surface area contributed by atoms with Crippen molar-refractivity contribution < 1.29 is 9.90 Å². The van der Waals surface area contributed by atoms with Crippen molar-refractivity contribution in [3.8, 4) is 0 Å². The summed E-state index contributed by atoms with van der Waals surface area (Å²) in [6, 6.07) is 2.22. The molecule has 4 rings (SSSR count). The van der Waals surface area contributed by atoms with E-state index >= 15 is 0 Å². The van der Waals surface area contributed by atoms with Gasteiger partial charge in [-0.15, -0.1) is 5.10 Å². The lowest BCUT2D eigenvalue weighted by Gasteiger charge is -2.04. The van der Waals surface area contributed by atoms with Crippen molar-refractivity contribution in [1.82, 2.24) is 24.4 Å². The Morgan fingerprint density at radius 3 is 2.83 bits per heavy atom. The van der Waals surface area contributed by atoms with E-state index in [1.54, 1.807) is 0 Å². The summed E-state index contributed by atoms with van der Waals surface area (Å²) in [5.41, 5.74) is 4.18. The molecule has 1 aliphatic carbocycles. The minimum atomic E-state index is -1.08. The number of rotatable bonds is 5. The van der Waals surface area contributed by atoms with E-state index in [1.165, 1.54) is 29.3 Å². The molecule has 3 aromatic heterocycles. The molecular weight excluding hydrogens is 362 g/mol. The Morgan fingerprint density at radius 2 is 2.17 bits per heavy atom. The van der Waals surface area contributed by atoms with Gasteiger partial charge in [0.2, 0.25) is 0 Å². The smallest absolute Gasteiger partial charge is 0.358 e. The number of carboxylic acids is 1. The molecule has 8 heteroatoms. The van der Waals surface area contributed by atoms with E-state index in [0.717, 1.165) is 22.2 Å². The normalized spacial score (nSPS) is 14.5. The van der Waals surface area contributed by atoms with Crippen molar-refractivity contribution in [2.45, 2.75) is 30.6 Å². The highest BCUT2D eigenvalue weighted by Gasteiger charge is 2.25. The summed E-state index contributed by atoms with van der Waals surface area (Å²) in [7, 11) is 0. The third-order valence-corrected chi connectivity index (χ3v) is 4.58. The highest BCUT2D eigenvalue weighted by atomic mass is 79.9. The Labute approximate surface area is 140 Å². The van der Waals surface area contributed by atoms with Gasteiger partial charge in [0.15, 0.2) is 5.69 Å². The van der Waals surface area contributed by atoms with Crippen LogP contribution in [0.25, 0.3) is 5.65 Å². The number of imidazole rings is 1. The lowest BCUT2D eigenvalue weighted by molar-refractivity contribution is 0.0690. The van der Waals surface area contributed by atoms with Gasteiger partial charge >= 0.3 is 5.97 Å².